The average molecular weight is 269 g/mol. The van der Waals surface area contributed by atoms with Crippen LogP contribution < -0.4 is 0 Å². The first-order valence-electron chi connectivity index (χ1n) is 4.83. The lowest BCUT2D eigenvalue weighted by atomic mass is 10.00. The first-order chi connectivity index (χ1) is 8.15. The van der Waals surface area contributed by atoms with Crippen LogP contribution in [0.1, 0.15) is 10.4 Å². The number of benzene rings is 2. The van der Waals surface area contributed by atoms with Crippen LogP contribution in [0, 0.1) is 5.82 Å². The molecule has 0 unspecified atom stereocenters. The van der Waals surface area contributed by atoms with Gasteiger partial charge in [0.1, 0.15) is 5.82 Å². The smallest absolute Gasteiger partial charge is 0.153 e. The standard InChI is InChI=1S/C13H7Cl2FO/c14-10-4-2-5-11(15)13(10)8-3-1-6-12(16)9(8)7-17/h1-7H. The summed E-state index contributed by atoms with van der Waals surface area (Å²) >= 11 is 12.0. The summed E-state index contributed by atoms with van der Waals surface area (Å²) in [4.78, 5) is 10.9. The predicted octanol–water partition coefficient (Wildman–Crippen LogP) is 4.61. The SMILES string of the molecule is O=Cc1c(F)cccc1-c1c(Cl)cccc1Cl. The van der Waals surface area contributed by atoms with E-state index in [4.69, 9.17) is 23.2 Å². The molecular formula is C13H7Cl2FO. The molecule has 0 aliphatic carbocycles. The second-order valence-electron chi connectivity index (χ2n) is 3.42. The van der Waals surface area contributed by atoms with Gasteiger partial charge in [0.25, 0.3) is 0 Å². The fourth-order valence-electron chi connectivity index (χ4n) is 1.63. The highest BCUT2D eigenvalue weighted by atomic mass is 35.5. The third kappa shape index (κ3) is 2.19. The van der Waals surface area contributed by atoms with Crippen molar-refractivity contribution in [3.8, 4) is 11.1 Å². The number of carbonyl (C=O) groups excluding carboxylic acids is 1. The number of hydrogen-bond donors (Lipinski definition) is 0. The molecule has 2 aromatic carbocycles. The molecule has 2 aromatic rings. The molecule has 0 radical (unpaired) electrons. The van der Waals surface area contributed by atoms with Gasteiger partial charge >= 0.3 is 0 Å². The van der Waals surface area contributed by atoms with E-state index in [-0.39, 0.29) is 5.56 Å². The molecule has 0 fully saturated rings. The Morgan fingerprint density at radius 3 is 2.18 bits per heavy atom. The molecule has 0 atom stereocenters. The highest BCUT2D eigenvalue weighted by Crippen LogP contribution is 2.36. The van der Waals surface area contributed by atoms with Crippen molar-refractivity contribution in [2.75, 3.05) is 0 Å². The van der Waals surface area contributed by atoms with Crippen molar-refractivity contribution in [2.24, 2.45) is 0 Å². The molecule has 2 rings (SSSR count). The van der Waals surface area contributed by atoms with E-state index in [1.807, 2.05) is 0 Å². The molecule has 0 aliphatic heterocycles. The van der Waals surface area contributed by atoms with Crippen LogP contribution >= 0.6 is 23.2 Å². The zero-order valence-corrected chi connectivity index (χ0v) is 10.1. The minimum absolute atomic E-state index is 0.0394. The Balaban J connectivity index is 2.77. The van der Waals surface area contributed by atoms with E-state index in [0.717, 1.165) is 0 Å². The van der Waals surface area contributed by atoms with Crippen LogP contribution in [0.4, 0.5) is 4.39 Å². The Bertz CT molecular complexity index is 561. The van der Waals surface area contributed by atoms with E-state index in [1.165, 1.54) is 12.1 Å². The minimum Gasteiger partial charge on any atom is -0.298 e. The van der Waals surface area contributed by atoms with Gasteiger partial charge in [0.2, 0.25) is 0 Å². The number of aldehydes is 1. The molecular weight excluding hydrogens is 262 g/mol. The molecule has 0 bridgehead atoms. The zero-order valence-electron chi connectivity index (χ0n) is 8.58. The van der Waals surface area contributed by atoms with Crippen LogP contribution in [0.2, 0.25) is 10.0 Å². The van der Waals surface area contributed by atoms with Crippen LogP contribution in [0.3, 0.4) is 0 Å². The Labute approximate surface area is 108 Å². The van der Waals surface area contributed by atoms with Gasteiger partial charge in [-0.3, -0.25) is 4.79 Å². The van der Waals surface area contributed by atoms with E-state index in [0.29, 0.717) is 27.5 Å². The molecule has 0 aromatic heterocycles. The second kappa shape index (κ2) is 4.86. The number of carbonyl (C=O) groups is 1. The maximum Gasteiger partial charge on any atom is 0.153 e. The summed E-state index contributed by atoms with van der Waals surface area (Å²) in [6.45, 7) is 0. The lowest BCUT2D eigenvalue weighted by Gasteiger charge is -2.09. The lowest BCUT2D eigenvalue weighted by Crippen LogP contribution is -1.93. The molecule has 0 saturated carbocycles. The minimum atomic E-state index is -0.589. The van der Waals surface area contributed by atoms with Crippen molar-refractivity contribution in [2.45, 2.75) is 0 Å². The maximum absolute atomic E-state index is 13.5. The largest absolute Gasteiger partial charge is 0.298 e. The van der Waals surface area contributed by atoms with Crippen LogP contribution in [0.5, 0.6) is 0 Å². The van der Waals surface area contributed by atoms with E-state index >= 15 is 0 Å². The maximum atomic E-state index is 13.5. The van der Waals surface area contributed by atoms with Gasteiger partial charge < -0.3 is 0 Å². The van der Waals surface area contributed by atoms with Crippen LogP contribution in [0.25, 0.3) is 11.1 Å². The average Bonchev–Trinajstić information content (AvgIpc) is 2.29. The Morgan fingerprint density at radius 2 is 1.59 bits per heavy atom. The molecule has 17 heavy (non-hydrogen) atoms. The Hall–Kier alpha value is -1.38. The molecule has 0 aliphatic rings. The van der Waals surface area contributed by atoms with Gasteiger partial charge in [-0.15, -0.1) is 0 Å². The first-order valence-corrected chi connectivity index (χ1v) is 5.59. The summed E-state index contributed by atoms with van der Waals surface area (Å²) in [5.41, 5.74) is 0.829. The van der Waals surface area contributed by atoms with Gasteiger partial charge in [-0.1, -0.05) is 41.4 Å². The molecule has 1 nitrogen and oxygen atoms in total. The van der Waals surface area contributed by atoms with E-state index < -0.39 is 5.82 Å². The zero-order chi connectivity index (χ0) is 12.4. The topological polar surface area (TPSA) is 17.1 Å². The van der Waals surface area contributed by atoms with Crippen LogP contribution in [-0.4, -0.2) is 6.29 Å². The summed E-state index contributed by atoms with van der Waals surface area (Å²) in [5, 5.41) is 0.761. The molecule has 0 heterocycles. The van der Waals surface area contributed by atoms with Gasteiger partial charge in [0.15, 0.2) is 6.29 Å². The van der Waals surface area contributed by atoms with Gasteiger partial charge in [-0.05, 0) is 23.8 Å². The number of hydrogen-bond acceptors (Lipinski definition) is 1. The molecule has 0 N–H and O–H groups in total. The third-order valence-corrected chi connectivity index (χ3v) is 3.03. The van der Waals surface area contributed by atoms with Gasteiger partial charge in [0.05, 0.1) is 5.56 Å². The van der Waals surface area contributed by atoms with Crippen molar-refractivity contribution in [3.05, 3.63) is 57.8 Å². The molecule has 0 amide bonds. The van der Waals surface area contributed by atoms with Crippen molar-refractivity contribution < 1.29 is 9.18 Å². The normalized spacial score (nSPS) is 10.3. The lowest BCUT2D eigenvalue weighted by molar-refractivity contribution is 0.112. The molecule has 86 valence electrons. The van der Waals surface area contributed by atoms with E-state index in [1.54, 1.807) is 24.3 Å². The highest BCUT2D eigenvalue weighted by molar-refractivity contribution is 6.39. The summed E-state index contributed by atoms with van der Waals surface area (Å²) in [7, 11) is 0. The Kier molecular flexibility index (Phi) is 3.46. The van der Waals surface area contributed by atoms with E-state index in [9.17, 15) is 9.18 Å². The number of halogens is 3. The van der Waals surface area contributed by atoms with Gasteiger partial charge in [-0.2, -0.15) is 0 Å². The van der Waals surface area contributed by atoms with Crippen molar-refractivity contribution in [1.29, 1.82) is 0 Å². The summed E-state index contributed by atoms with van der Waals surface area (Å²) in [6, 6.07) is 9.31. The highest BCUT2D eigenvalue weighted by Gasteiger charge is 2.14. The monoisotopic (exact) mass is 268 g/mol. The molecule has 0 spiro atoms. The van der Waals surface area contributed by atoms with Crippen LogP contribution in [0.15, 0.2) is 36.4 Å². The summed E-state index contributed by atoms with van der Waals surface area (Å²) < 4.78 is 13.5. The molecule has 0 saturated heterocycles. The van der Waals surface area contributed by atoms with Crippen LogP contribution in [-0.2, 0) is 0 Å². The first kappa shape index (κ1) is 12.1. The second-order valence-corrected chi connectivity index (χ2v) is 4.23. The number of rotatable bonds is 2. The van der Waals surface area contributed by atoms with E-state index in [2.05, 4.69) is 0 Å². The predicted molar refractivity (Wildman–Crippen MR) is 67.2 cm³/mol. The quantitative estimate of drug-likeness (QED) is 0.727. The fraction of sp³-hybridized carbons (Fsp3) is 0. The fourth-order valence-corrected chi connectivity index (χ4v) is 2.23. The van der Waals surface area contributed by atoms with Crippen molar-refractivity contribution >= 4 is 29.5 Å². The summed E-state index contributed by atoms with van der Waals surface area (Å²) in [5.74, 6) is -0.589. The van der Waals surface area contributed by atoms with Crippen molar-refractivity contribution in [1.82, 2.24) is 0 Å². The molecule has 4 heteroatoms. The Morgan fingerprint density at radius 1 is 1.00 bits per heavy atom. The third-order valence-electron chi connectivity index (χ3n) is 2.40. The van der Waals surface area contributed by atoms with Crippen molar-refractivity contribution in [3.63, 3.8) is 0 Å². The summed E-state index contributed by atoms with van der Waals surface area (Å²) in [6.07, 6.45) is 0.463. The van der Waals surface area contributed by atoms with Gasteiger partial charge in [-0.25, -0.2) is 4.39 Å². The van der Waals surface area contributed by atoms with Gasteiger partial charge in [0, 0.05) is 15.6 Å².